The summed E-state index contributed by atoms with van der Waals surface area (Å²) in [6.45, 7) is 5.38. The van der Waals surface area contributed by atoms with Crippen LogP contribution in [-0.4, -0.2) is 27.2 Å². The molecule has 0 aliphatic rings. The van der Waals surface area contributed by atoms with Crippen molar-refractivity contribution in [1.29, 1.82) is 0 Å². The van der Waals surface area contributed by atoms with Crippen LogP contribution < -0.4 is 0 Å². The van der Waals surface area contributed by atoms with Crippen LogP contribution in [0.5, 0.6) is 0 Å². The summed E-state index contributed by atoms with van der Waals surface area (Å²) >= 11 is 0. The molecule has 0 atom stereocenters. The molecule has 1 heterocycles. The third-order valence-corrected chi connectivity index (χ3v) is 1.90. The number of ether oxygens (including phenoxy) is 1. The van der Waals surface area contributed by atoms with Gasteiger partial charge in [-0.05, 0) is 13.8 Å². The first-order valence-corrected chi connectivity index (χ1v) is 4.56. The Morgan fingerprint density at radius 1 is 1.64 bits per heavy atom. The van der Waals surface area contributed by atoms with Gasteiger partial charge in [-0.1, -0.05) is 0 Å². The maximum atomic E-state index is 10.7. The second-order valence-electron chi connectivity index (χ2n) is 2.76. The fraction of sp³-hybridized carbons (Fsp3) is 0.556. The first kappa shape index (κ1) is 10.7. The summed E-state index contributed by atoms with van der Waals surface area (Å²) in [5.41, 5.74) is 0.798. The van der Waals surface area contributed by atoms with E-state index in [4.69, 9.17) is 9.84 Å². The first-order chi connectivity index (χ1) is 6.70. The smallest absolute Gasteiger partial charge is 0.372 e. The van der Waals surface area contributed by atoms with E-state index >= 15 is 0 Å². The molecule has 1 rings (SSSR count). The number of aromatic nitrogens is 2. The molecular weight excluding hydrogens is 184 g/mol. The third kappa shape index (κ3) is 2.11. The molecular formula is C9H14N2O3. The van der Waals surface area contributed by atoms with Crippen LogP contribution in [0.3, 0.4) is 0 Å². The number of imidazole rings is 1. The van der Waals surface area contributed by atoms with E-state index in [-0.39, 0.29) is 5.82 Å². The minimum atomic E-state index is -1.01. The van der Waals surface area contributed by atoms with Gasteiger partial charge in [0.05, 0.1) is 18.5 Å². The average molecular weight is 198 g/mol. The molecule has 0 aromatic carbocycles. The Morgan fingerprint density at radius 2 is 2.36 bits per heavy atom. The minimum absolute atomic E-state index is 0.0715. The molecule has 0 bridgehead atoms. The van der Waals surface area contributed by atoms with Crippen molar-refractivity contribution in [3.05, 3.63) is 17.7 Å². The number of aromatic carboxylic acids is 1. The molecule has 0 amide bonds. The maximum Gasteiger partial charge on any atom is 0.372 e. The predicted octanol–water partition coefficient (Wildman–Crippen LogP) is 1.14. The fourth-order valence-corrected chi connectivity index (χ4v) is 1.26. The van der Waals surface area contributed by atoms with E-state index in [1.165, 1.54) is 0 Å². The average Bonchev–Trinajstić information content (AvgIpc) is 2.57. The van der Waals surface area contributed by atoms with Crippen LogP contribution in [0.2, 0.25) is 0 Å². The SMILES string of the molecule is CCOCc1cnc(C(=O)O)n1CC. The van der Waals surface area contributed by atoms with Gasteiger partial charge in [0.1, 0.15) is 0 Å². The Hall–Kier alpha value is -1.36. The Balaban J connectivity index is 2.89. The molecule has 1 aromatic rings. The van der Waals surface area contributed by atoms with Crippen molar-refractivity contribution < 1.29 is 14.6 Å². The van der Waals surface area contributed by atoms with E-state index in [2.05, 4.69) is 4.98 Å². The molecule has 0 saturated heterocycles. The van der Waals surface area contributed by atoms with Gasteiger partial charge in [-0.2, -0.15) is 0 Å². The second kappa shape index (κ2) is 4.76. The zero-order valence-electron chi connectivity index (χ0n) is 8.36. The highest BCUT2D eigenvalue weighted by Gasteiger charge is 2.14. The van der Waals surface area contributed by atoms with Gasteiger partial charge in [0, 0.05) is 13.2 Å². The normalized spacial score (nSPS) is 10.4. The highest BCUT2D eigenvalue weighted by Crippen LogP contribution is 2.07. The number of carboxylic acid groups (broad SMARTS) is 1. The lowest BCUT2D eigenvalue weighted by atomic mass is 10.4. The molecule has 0 fully saturated rings. The van der Waals surface area contributed by atoms with Crippen LogP contribution >= 0.6 is 0 Å². The van der Waals surface area contributed by atoms with Crippen molar-refractivity contribution >= 4 is 5.97 Å². The molecule has 5 nitrogen and oxygen atoms in total. The van der Waals surface area contributed by atoms with E-state index in [1.54, 1.807) is 10.8 Å². The zero-order chi connectivity index (χ0) is 10.6. The first-order valence-electron chi connectivity index (χ1n) is 4.56. The van der Waals surface area contributed by atoms with Gasteiger partial charge in [0.25, 0.3) is 0 Å². The number of rotatable bonds is 5. The van der Waals surface area contributed by atoms with Crippen molar-refractivity contribution in [2.45, 2.75) is 27.0 Å². The van der Waals surface area contributed by atoms with Crippen LogP contribution in [0.1, 0.15) is 30.2 Å². The fourth-order valence-electron chi connectivity index (χ4n) is 1.26. The predicted molar refractivity (Wildman–Crippen MR) is 50.2 cm³/mol. The van der Waals surface area contributed by atoms with Crippen LogP contribution in [0.15, 0.2) is 6.20 Å². The van der Waals surface area contributed by atoms with Gasteiger partial charge in [-0.3, -0.25) is 0 Å². The van der Waals surface area contributed by atoms with E-state index in [0.717, 1.165) is 5.69 Å². The highest BCUT2D eigenvalue weighted by molar-refractivity contribution is 5.83. The van der Waals surface area contributed by atoms with Crippen LogP contribution in [0, 0.1) is 0 Å². The molecule has 5 heteroatoms. The number of carboxylic acids is 1. The molecule has 0 aliphatic carbocycles. The molecule has 1 N–H and O–H groups in total. The van der Waals surface area contributed by atoms with Crippen LogP contribution in [-0.2, 0) is 17.9 Å². The summed E-state index contributed by atoms with van der Waals surface area (Å²) in [6.07, 6.45) is 1.54. The molecule has 0 aliphatic heterocycles. The van der Waals surface area contributed by atoms with Crippen LogP contribution in [0.25, 0.3) is 0 Å². The molecule has 0 spiro atoms. The Morgan fingerprint density at radius 3 is 2.86 bits per heavy atom. The summed E-state index contributed by atoms with van der Waals surface area (Å²) in [7, 11) is 0. The Labute approximate surface area is 82.3 Å². The van der Waals surface area contributed by atoms with Gasteiger partial charge in [0.15, 0.2) is 0 Å². The maximum absolute atomic E-state index is 10.7. The molecule has 0 unspecified atom stereocenters. The molecule has 1 aromatic heterocycles. The second-order valence-corrected chi connectivity index (χ2v) is 2.76. The van der Waals surface area contributed by atoms with Gasteiger partial charge >= 0.3 is 5.97 Å². The van der Waals surface area contributed by atoms with E-state index in [1.807, 2.05) is 13.8 Å². The van der Waals surface area contributed by atoms with Gasteiger partial charge in [-0.15, -0.1) is 0 Å². The molecule has 0 saturated carbocycles. The third-order valence-electron chi connectivity index (χ3n) is 1.90. The largest absolute Gasteiger partial charge is 0.475 e. The minimum Gasteiger partial charge on any atom is -0.475 e. The highest BCUT2D eigenvalue weighted by atomic mass is 16.5. The number of hydrogen-bond acceptors (Lipinski definition) is 3. The molecule has 0 radical (unpaired) electrons. The van der Waals surface area contributed by atoms with Gasteiger partial charge < -0.3 is 14.4 Å². The van der Waals surface area contributed by atoms with E-state index in [0.29, 0.717) is 19.8 Å². The lowest BCUT2D eigenvalue weighted by Gasteiger charge is -2.06. The molecule has 14 heavy (non-hydrogen) atoms. The zero-order valence-corrected chi connectivity index (χ0v) is 8.36. The van der Waals surface area contributed by atoms with E-state index in [9.17, 15) is 4.79 Å². The number of hydrogen-bond donors (Lipinski definition) is 1. The van der Waals surface area contributed by atoms with Crippen molar-refractivity contribution in [1.82, 2.24) is 9.55 Å². The van der Waals surface area contributed by atoms with Crippen molar-refractivity contribution in [2.75, 3.05) is 6.61 Å². The van der Waals surface area contributed by atoms with Crippen molar-refractivity contribution in [3.63, 3.8) is 0 Å². The van der Waals surface area contributed by atoms with Crippen LogP contribution in [0.4, 0.5) is 0 Å². The lowest BCUT2D eigenvalue weighted by Crippen LogP contribution is -2.11. The van der Waals surface area contributed by atoms with Crippen molar-refractivity contribution in [2.24, 2.45) is 0 Å². The van der Waals surface area contributed by atoms with Gasteiger partial charge in [0.2, 0.25) is 5.82 Å². The number of carbonyl (C=O) groups is 1. The van der Waals surface area contributed by atoms with Gasteiger partial charge in [-0.25, -0.2) is 9.78 Å². The summed E-state index contributed by atoms with van der Waals surface area (Å²) in [5, 5.41) is 8.81. The van der Waals surface area contributed by atoms with E-state index < -0.39 is 5.97 Å². The lowest BCUT2D eigenvalue weighted by molar-refractivity contribution is 0.0676. The van der Waals surface area contributed by atoms with Crippen molar-refractivity contribution in [3.8, 4) is 0 Å². The standard InChI is InChI=1S/C9H14N2O3/c1-3-11-7(6-14-4-2)5-10-8(11)9(12)13/h5H,3-4,6H2,1-2H3,(H,12,13). The summed E-state index contributed by atoms with van der Waals surface area (Å²) in [6, 6.07) is 0. The number of nitrogens with zero attached hydrogens (tertiary/aromatic N) is 2. The summed E-state index contributed by atoms with van der Waals surface area (Å²) in [5.74, 6) is -0.934. The summed E-state index contributed by atoms with van der Waals surface area (Å²) < 4.78 is 6.84. The Bertz CT molecular complexity index is 320. The monoisotopic (exact) mass is 198 g/mol. The summed E-state index contributed by atoms with van der Waals surface area (Å²) in [4.78, 5) is 14.6. The quantitative estimate of drug-likeness (QED) is 0.770. The topological polar surface area (TPSA) is 64.3 Å². The molecule has 78 valence electrons. The Kier molecular flexibility index (Phi) is 3.64.